The normalized spacial score (nSPS) is 9.95. The molecular formula is C16H16NO2. The highest BCUT2D eigenvalue weighted by Crippen LogP contribution is 2.24. The minimum Gasteiger partial charge on any atom is -0.465 e. The van der Waals surface area contributed by atoms with Gasteiger partial charge in [0.25, 0.3) is 0 Å². The lowest BCUT2D eigenvalue weighted by molar-refractivity contribution is -0.141. The Labute approximate surface area is 113 Å². The molecule has 3 nitrogen and oxygen atoms in total. The molecule has 0 unspecified atom stereocenters. The lowest BCUT2D eigenvalue weighted by atomic mass is 10.2. The lowest BCUT2D eigenvalue weighted by Gasteiger charge is -2.23. The molecule has 0 aliphatic rings. The van der Waals surface area contributed by atoms with Crippen molar-refractivity contribution in [3.05, 3.63) is 60.7 Å². The van der Waals surface area contributed by atoms with Crippen molar-refractivity contribution in [3.63, 3.8) is 0 Å². The van der Waals surface area contributed by atoms with Crippen LogP contribution in [0, 0.1) is 6.07 Å². The number of ether oxygens (including phenoxy) is 1. The number of rotatable bonds is 5. The molecule has 0 fully saturated rings. The summed E-state index contributed by atoms with van der Waals surface area (Å²) in [6.07, 6.45) is 0. The van der Waals surface area contributed by atoms with Gasteiger partial charge in [-0.25, -0.2) is 0 Å². The van der Waals surface area contributed by atoms with Crippen molar-refractivity contribution in [2.75, 3.05) is 18.1 Å². The van der Waals surface area contributed by atoms with Crippen LogP contribution >= 0.6 is 0 Å². The van der Waals surface area contributed by atoms with E-state index in [-0.39, 0.29) is 12.5 Å². The van der Waals surface area contributed by atoms with Crippen molar-refractivity contribution in [2.45, 2.75) is 6.92 Å². The van der Waals surface area contributed by atoms with Crippen LogP contribution in [0.4, 0.5) is 11.4 Å². The Morgan fingerprint density at radius 1 is 1.11 bits per heavy atom. The molecule has 0 N–H and O–H groups in total. The van der Waals surface area contributed by atoms with Crippen LogP contribution in [-0.2, 0) is 9.53 Å². The molecule has 0 aromatic heterocycles. The highest BCUT2D eigenvalue weighted by Gasteiger charge is 2.13. The molecule has 0 saturated heterocycles. The van der Waals surface area contributed by atoms with Crippen LogP contribution in [0.15, 0.2) is 54.6 Å². The van der Waals surface area contributed by atoms with Crippen LogP contribution in [-0.4, -0.2) is 19.1 Å². The van der Waals surface area contributed by atoms with Gasteiger partial charge in [0.15, 0.2) is 0 Å². The molecule has 3 heteroatoms. The minimum absolute atomic E-state index is 0.196. The summed E-state index contributed by atoms with van der Waals surface area (Å²) in [5.74, 6) is -0.237. The Hall–Kier alpha value is -2.29. The van der Waals surface area contributed by atoms with E-state index in [1.165, 1.54) is 0 Å². The zero-order valence-electron chi connectivity index (χ0n) is 10.9. The number of nitrogens with zero attached hydrogens (tertiary/aromatic N) is 1. The summed E-state index contributed by atoms with van der Waals surface area (Å²) in [7, 11) is 0. The maximum absolute atomic E-state index is 11.7. The van der Waals surface area contributed by atoms with Crippen LogP contribution < -0.4 is 4.90 Å². The van der Waals surface area contributed by atoms with Gasteiger partial charge < -0.3 is 9.64 Å². The van der Waals surface area contributed by atoms with E-state index in [2.05, 4.69) is 6.07 Å². The van der Waals surface area contributed by atoms with E-state index < -0.39 is 0 Å². The second kappa shape index (κ2) is 6.59. The molecule has 2 aromatic carbocycles. The van der Waals surface area contributed by atoms with Crippen molar-refractivity contribution in [1.82, 2.24) is 0 Å². The molecule has 0 atom stereocenters. The quantitative estimate of drug-likeness (QED) is 0.767. The number of carbonyl (C=O) groups is 1. The summed E-state index contributed by atoms with van der Waals surface area (Å²) in [5, 5.41) is 0. The molecule has 0 aliphatic heterocycles. The first kappa shape index (κ1) is 13.1. The van der Waals surface area contributed by atoms with Gasteiger partial charge in [0.1, 0.15) is 6.54 Å². The predicted molar refractivity (Wildman–Crippen MR) is 75.4 cm³/mol. The van der Waals surface area contributed by atoms with E-state index in [1.54, 1.807) is 0 Å². The Bertz CT molecular complexity index is 471. The number of esters is 1. The van der Waals surface area contributed by atoms with Crippen LogP contribution in [0.3, 0.4) is 0 Å². The van der Waals surface area contributed by atoms with Crippen LogP contribution in [0.5, 0.6) is 0 Å². The van der Waals surface area contributed by atoms with Crippen molar-refractivity contribution in [3.8, 4) is 0 Å². The SMILES string of the molecule is CCOC(=O)CN(c1cc[c]cc1)c1ccccc1. The van der Waals surface area contributed by atoms with Gasteiger partial charge in [-0.3, -0.25) is 4.79 Å². The average molecular weight is 254 g/mol. The zero-order chi connectivity index (χ0) is 13.5. The topological polar surface area (TPSA) is 29.5 Å². The van der Waals surface area contributed by atoms with E-state index in [9.17, 15) is 4.79 Å². The summed E-state index contributed by atoms with van der Waals surface area (Å²) in [6.45, 7) is 2.40. The third-order valence-electron chi connectivity index (χ3n) is 2.67. The molecule has 2 rings (SSSR count). The number of para-hydroxylation sites is 1. The average Bonchev–Trinajstić information content (AvgIpc) is 2.47. The fourth-order valence-corrected chi connectivity index (χ4v) is 1.83. The van der Waals surface area contributed by atoms with Gasteiger partial charge in [0, 0.05) is 11.4 Å². The summed E-state index contributed by atoms with van der Waals surface area (Å²) in [4.78, 5) is 13.7. The number of carbonyl (C=O) groups excluding carboxylic acids is 1. The molecule has 1 radical (unpaired) electrons. The third kappa shape index (κ3) is 3.58. The summed E-state index contributed by atoms with van der Waals surface area (Å²) in [6, 6.07) is 20.3. The highest BCUT2D eigenvalue weighted by atomic mass is 16.5. The smallest absolute Gasteiger partial charge is 0.325 e. The van der Waals surface area contributed by atoms with Crippen molar-refractivity contribution >= 4 is 17.3 Å². The van der Waals surface area contributed by atoms with Gasteiger partial charge >= 0.3 is 5.97 Å². The molecule has 19 heavy (non-hydrogen) atoms. The zero-order valence-corrected chi connectivity index (χ0v) is 10.9. The maximum atomic E-state index is 11.7. The first-order valence-electron chi connectivity index (χ1n) is 6.25. The van der Waals surface area contributed by atoms with Crippen molar-refractivity contribution < 1.29 is 9.53 Å². The van der Waals surface area contributed by atoms with Gasteiger partial charge in [-0.05, 0) is 37.3 Å². The predicted octanol–water partition coefficient (Wildman–Crippen LogP) is 3.19. The Kier molecular flexibility index (Phi) is 4.56. The molecule has 0 amide bonds. The lowest BCUT2D eigenvalue weighted by Crippen LogP contribution is -2.26. The van der Waals surface area contributed by atoms with Crippen molar-refractivity contribution in [1.29, 1.82) is 0 Å². The van der Waals surface area contributed by atoms with Crippen LogP contribution in [0.25, 0.3) is 0 Å². The summed E-state index contributed by atoms with van der Waals surface area (Å²) < 4.78 is 5.03. The Morgan fingerprint density at radius 2 is 1.74 bits per heavy atom. The van der Waals surface area contributed by atoms with E-state index in [0.717, 1.165) is 11.4 Å². The largest absolute Gasteiger partial charge is 0.465 e. The van der Waals surface area contributed by atoms with E-state index in [4.69, 9.17) is 4.74 Å². The van der Waals surface area contributed by atoms with Gasteiger partial charge in [-0.1, -0.05) is 30.3 Å². The number of hydrogen-bond acceptors (Lipinski definition) is 3. The minimum atomic E-state index is -0.237. The second-order valence-electron chi connectivity index (χ2n) is 3.98. The molecular weight excluding hydrogens is 238 g/mol. The summed E-state index contributed by atoms with van der Waals surface area (Å²) in [5.41, 5.74) is 1.90. The number of benzene rings is 2. The van der Waals surface area contributed by atoms with Crippen LogP contribution in [0.1, 0.15) is 6.92 Å². The molecule has 0 saturated carbocycles. The van der Waals surface area contributed by atoms with Crippen LogP contribution in [0.2, 0.25) is 0 Å². The Balaban J connectivity index is 2.26. The maximum Gasteiger partial charge on any atom is 0.325 e. The highest BCUT2D eigenvalue weighted by molar-refractivity contribution is 5.80. The second-order valence-corrected chi connectivity index (χ2v) is 3.98. The monoisotopic (exact) mass is 254 g/mol. The van der Waals surface area contributed by atoms with E-state index >= 15 is 0 Å². The van der Waals surface area contributed by atoms with Crippen molar-refractivity contribution in [2.24, 2.45) is 0 Å². The molecule has 0 bridgehead atoms. The number of hydrogen-bond donors (Lipinski definition) is 0. The van der Waals surface area contributed by atoms with E-state index in [0.29, 0.717) is 6.61 Å². The van der Waals surface area contributed by atoms with Gasteiger partial charge in [0.05, 0.1) is 6.61 Å². The Morgan fingerprint density at radius 3 is 2.37 bits per heavy atom. The first-order chi connectivity index (χ1) is 9.31. The first-order valence-corrected chi connectivity index (χ1v) is 6.25. The molecule has 0 heterocycles. The third-order valence-corrected chi connectivity index (χ3v) is 2.67. The molecule has 0 aliphatic carbocycles. The van der Waals surface area contributed by atoms with E-state index in [1.807, 2.05) is 66.4 Å². The molecule has 2 aromatic rings. The van der Waals surface area contributed by atoms with Gasteiger partial charge in [-0.2, -0.15) is 0 Å². The fraction of sp³-hybridized carbons (Fsp3) is 0.188. The molecule has 0 spiro atoms. The number of anilines is 2. The standard InChI is InChI=1S/C16H16NO2/c1-2-19-16(18)13-17(14-9-5-3-6-10-14)15-11-7-4-8-12-15/h3,5-12H,2,13H2,1H3. The summed E-state index contributed by atoms with van der Waals surface area (Å²) >= 11 is 0. The van der Waals surface area contributed by atoms with Gasteiger partial charge in [0.2, 0.25) is 0 Å². The fourth-order valence-electron chi connectivity index (χ4n) is 1.83. The molecule has 97 valence electrons. The van der Waals surface area contributed by atoms with Gasteiger partial charge in [-0.15, -0.1) is 0 Å².